The van der Waals surface area contributed by atoms with E-state index in [1.807, 2.05) is 13.0 Å². The fourth-order valence-electron chi connectivity index (χ4n) is 1.80. The van der Waals surface area contributed by atoms with Gasteiger partial charge in [-0.3, -0.25) is 0 Å². The number of unbranched alkanes of at least 4 members (excludes halogenated alkanes) is 2. The molecule has 0 radical (unpaired) electrons. The first-order chi connectivity index (χ1) is 9.95. The van der Waals surface area contributed by atoms with Crippen LogP contribution in [-0.4, -0.2) is 15.0 Å². The molecule has 1 rings (SSSR count). The number of allylic oxidation sites excluding steroid dienone is 2. The van der Waals surface area contributed by atoms with Gasteiger partial charge in [0.2, 0.25) is 10.0 Å². The van der Waals surface area contributed by atoms with Gasteiger partial charge in [-0.05, 0) is 31.9 Å². The molecule has 0 aromatic heterocycles. The minimum absolute atomic E-state index is 0.303. The lowest BCUT2D eigenvalue weighted by Crippen LogP contribution is -2.24. The molecular formula is C17H25NO2S. The van der Waals surface area contributed by atoms with Gasteiger partial charge in [-0.15, -0.1) is 0 Å². The Kier molecular flexibility index (Phi) is 7.40. The highest BCUT2D eigenvalue weighted by atomic mass is 32.2. The molecule has 0 spiro atoms. The van der Waals surface area contributed by atoms with E-state index in [0.717, 1.165) is 17.6 Å². The van der Waals surface area contributed by atoms with Gasteiger partial charge >= 0.3 is 0 Å². The number of hydrogen-bond donors (Lipinski definition) is 1. The number of benzene rings is 1. The van der Waals surface area contributed by atoms with Gasteiger partial charge < -0.3 is 0 Å². The second-order valence-electron chi connectivity index (χ2n) is 5.16. The van der Waals surface area contributed by atoms with Crippen LogP contribution in [0.25, 0.3) is 0 Å². The number of rotatable bonds is 9. The Bertz CT molecular complexity index is 571. The highest BCUT2D eigenvalue weighted by Crippen LogP contribution is 2.10. The van der Waals surface area contributed by atoms with Crippen molar-refractivity contribution in [1.82, 2.24) is 4.72 Å². The number of aryl methyl sites for hydroxylation is 1. The summed E-state index contributed by atoms with van der Waals surface area (Å²) in [5.41, 5.74) is 1.98. The summed E-state index contributed by atoms with van der Waals surface area (Å²) in [5.74, 6) is 0. The monoisotopic (exact) mass is 307 g/mol. The maximum atomic E-state index is 12.1. The van der Waals surface area contributed by atoms with Gasteiger partial charge in [0, 0.05) is 6.54 Å². The van der Waals surface area contributed by atoms with E-state index < -0.39 is 10.0 Å². The minimum atomic E-state index is -3.42. The molecule has 1 N–H and O–H groups in total. The largest absolute Gasteiger partial charge is 0.240 e. The third-order valence-corrected chi connectivity index (χ3v) is 4.62. The van der Waals surface area contributed by atoms with Crippen LogP contribution >= 0.6 is 0 Å². The van der Waals surface area contributed by atoms with Crippen LogP contribution in [0.1, 0.15) is 38.2 Å². The van der Waals surface area contributed by atoms with E-state index in [2.05, 4.69) is 24.3 Å². The molecule has 1 aromatic rings. The summed E-state index contributed by atoms with van der Waals surface area (Å²) >= 11 is 0. The molecule has 116 valence electrons. The van der Waals surface area contributed by atoms with Crippen molar-refractivity contribution < 1.29 is 8.42 Å². The molecule has 21 heavy (non-hydrogen) atoms. The van der Waals surface area contributed by atoms with Crippen LogP contribution < -0.4 is 4.72 Å². The highest BCUT2D eigenvalue weighted by molar-refractivity contribution is 7.89. The Morgan fingerprint density at radius 2 is 1.95 bits per heavy atom. The normalized spacial score (nSPS) is 11.9. The van der Waals surface area contributed by atoms with Crippen molar-refractivity contribution >= 4 is 10.0 Å². The molecule has 0 unspecified atom stereocenters. The van der Waals surface area contributed by atoms with Crippen molar-refractivity contribution in [3.8, 4) is 0 Å². The Balaban J connectivity index is 2.42. The van der Waals surface area contributed by atoms with Crippen molar-refractivity contribution in [3.05, 3.63) is 54.1 Å². The van der Waals surface area contributed by atoms with E-state index in [1.54, 1.807) is 24.3 Å². The molecular weight excluding hydrogens is 282 g/mol. The van der Waals surface area contributed by atoms with Crippen LogP contribution in [0.5, 0.6) is 0 Å². The summed E-state index contributed by atoms with van der Waals surface area (Å²) < 4.78 is 26.7. The van der Waals surface area contributed by atoms with E-state index >= 15 is 0 Å². The predicted molar refractivity (Wildman–Crippen MR) is 88.8 cm³/mol. The van der Waals surface area contributed by atoms with Crippen LogP contribution in [-0.2, 0) is 10.0 Å². The summed E-state index contributed by atoms with van der Waals surface area (Å²) in [6.07, 6.45) is 8.09. The van der Waals surface area contributed by atoms with Crippen LogP contribution in [0.15, 0.2) is 53.5 Å². The Morgan fingerprint density at radius 3 is 2.57 bits per heavy atom. The van der Waals surface area contributed by atoms with Crippen molar-refractivity contribution in [1.29, 1.82) is 0 Å². The van der Waals surface area contributed by atoms with Gasteiger partial charge in [0.25, 0.3) is 0 Å². The third-order valence-electron chi connectivity index (χ3n) is 3.15. The van der Waals surface area contributed by atoms with Crippen molar-refractivity contribution in [3.63, 3.8) is 0 Å². The molecule has 0 saturated heterocycles. The average Bonchev–Trinajstić information content (AvgIpc) is 2.44. The second-order valence-corrected chi connectivity index (χ2v) is 6.93. The first-order valence-electron chi connectivity index (χ1n) is 7.36. The Morgan fingerprint density at radius 1 is 1.29 bits per heavy atom. The Hall–Kier alpha value is -1.39. The third kappa shape index (κ3) is 6.74. The maximum Gasteiger partial charge on any atom is 0.240 e. The molecule has 0 aliphatic heterocycles. The van der Waals surface area contributed by atoms with Crippen molar-refractivity contribution in [2.45, 2.75) is 44.4 Å². The quantitative estimate of drug-likeness (QED) is 0.554. The molecule has 0 amide bonds. The van der Waals surface area contributed by atoms with Crippen molar-refractivity contribution in [2.24, 2.45) is 0 Å². The topological polar surface area (TPSA) is 46.2 Å². The maximum absolute atomic E-state index is 12.1. The molecule has 3 nitrogen and oxygen atoms in total. The summed E-state index contributed by atoms with van der Waals surface area (Å²) in [7, 11) is -3.42. The molecule has 0 bridgehead atoms. The summed E-state index contributed by atoms with van der Waals surface area (Å²) in [6, 6.07) is 6.84. The summed E-state index contributed by atoms with van der Waals surface area (Å²) in [5, 5.41) is 0. The SMILES string of the molecule is C=C(/C=C/CCCC)CCNS(=O)(=O)c1ccc(C)cc1. The first-order valence-corrected chi connectivity index (χ1v) is 8.84. The van der Waals surface area contributed by atoms with Gasteiger partial charge in [0.05, 0.1) is 4.90 Å². The molecule has 0 saturated carbocycles. The Labute approximate surface area is 128 Å². The minimum Gasteiger partial charge on any atom is -0.211 e. The standard InChI is InChI=1S/C17H25NO2S/c1-4-5-6-7-8-15(2)13-14-18-21(19,20)17-11-9-16(3)10-12-17/h7-12,18H,2,4-6,13-14H2,1,3H3/b8-7+. The zero-order chi connectivity index (χ0) is 15.7. The van der Waals surface area contributed by atoms with Crippen LogP contribution in [0.4, 0.5) is 0 Å². The zero-order valence-corrected chi connectivity index (χ0v) is 13.7. The lowest BCUT2D eigenvalue weighted by atomic mass is 10.1. The number of sulfonamides is 1. The first kappa shape index (κ1) is 17.7. The van der Waals surface area contributed by atoms with E-state index in [-0.39, 0.29) is 0 Å². The van der Waals surface area contributed by atoms with E-state index in [0.29, 0.717) is 17.9 Å². The second kappa shape index (κ2) is 8.80. The van der Waals surface area contributed by atoms with Gasteiger partial charge in [-0.2, -0.15) is 0 Å². The predicted octanol–water partition coefficient (Wildman–Crippen LogP) is 3.97. The number of hydrogen-bond acceptors (Lipinski definition) is 2. The van der Waals surface area contributed by atoms with Crippen LogP contribution in [0.2, 0.25) is 0 Å². The summed E-state index contributed by atoms with van der Waals surface area (Å²) in [6.45, 7) is 8.39. The van der Waals surface area contributed by atoms with Gasteiger partial charge in [-0.1, -0.05) is 61.8 Å². The smallest absolute Gasteiger partial charge is 0.211 e. The van der Waals surface area contributed by atoms with E-state index in [4.69, 9.17) is 0 Å². The lowest BCUT2D eigenvalue weighted by Gasteiger charge is -2.07. The fraction of sp³-hybridized carbons (Fsp3) is 0.412. The molecule has 4 heteroatoms. The fourth-order valence-corrected chi connectivity index (χ4v) is 2.83. The van der Waals surface area contributed by atoms with Gasteiger partial charge in [0.15, 0.2) is 0 Å². The number of nitrogens with one attached hydrogen (secondary N) is 1. The zero-order valence-electron chi connectivity index (χ0n) is 12.9. The molecule has 0 aliphatic carbocycles. The highest BCUT2D eigenvalue weighted by Gasteiger charge is 2.12. The van der Waals surface area contributed by atoms with Crippen LogP contribution in [0, 0.1) is 6.92 Å². The van der Waals surface area contributed by atoms with E-state index in [9.17, 15) is 8.42 Å². The van der Waals surface area contributed by atoms with Crippen molar-refractivity contribution in [2.75, 3.05) is 6.54 Å². The van der Waals surface area contributed by atoms with Crippen LogP contribution in [0.3, 0.4) is 0 Å². The van der Waals surface area contributed by atoms with Gasteiger partial charge in [0.1, 0.15) is 0 Å². The molecule has 0 aliphatic rings. The van der Waals surface area contributed by atoms with Gasteiger partial charge in [-0.25, -0.2) is 13.1 Å². The van der Waals surface area contributed by atoms with E-state index in [1.165, 1.54) is 12.8 Å². The molecule has 1 aromatic carbocycles. The summed E-state index contributed by atoms with van der Waals surface area (Å²) in [4.78, 5) is 0.303. The lowest BCUT2D eigenvalue weighted by molar-refractivity contribution is 0.582. The average molecular weight is 307 g/mol. The molecule has 0 atom stereocenters. The molecule has 0 fully saturated rings. The molecule has 0 heterocycles.